The van der Waals surface area contributed by atoms with Gasteiger partial charge in [-0.05, 0) is 23.3 Å². The minimum atomic E-state index is -0.346. The first kappa shape index (κ1) is 21.9. The fourth-order valence-corrected chi connectivity index (χ4v) is 4.51. The molecule has 0 saturated carbocycles. The van der Waals surface area contributed by atoms with Crippen molar-refractivity contribution in [2.75, 3.05) is 17.7 Å². The van der Waals surface area contributed by atoms with E-state index in [0.29, 0.717) is 28.9 Å². The average Bonchev–Trinajstić information content (AvgIpc) is 2.81. The SMILES string of the molecule is C=CCSc1nc(=O)c2c(n1C)NC(=O)C[C@H]2c1ccc(OCCc2ccccc2)cc1. The molecule has 0 radical (unpaired) electrons. The highest BCUT2D eigenvalue weighted by Gasteiger charge is 2.32. The van der Waals surface area contributed by atoms with Gasteiger partial charge in [0.2, 0.25) is 5.91 Å². The van der Waals surface area contributed by atoms with E-state index in [2.05, 4.69) is 29.0 Å². The molecule has 1 aliphatic heterocycles. The van der Waals surface area contributed by atoms with E-state index in [-0.39, 0.29) is 23.8 Å². The molecule has 0 spiro atoms. The van der Waals surface area contributed by atoms with Crippen LogP contribution in [0.15, 0.2) is 77.2 Å². The number of carbonyl (C=O) groups excluding carboxylic acids is 1. The highest BCUT2D eigenvalue weighted by Crippen LogP contribution is 2.36. The van der Waals surface area contributed by atoms with Crippen LogP contribution in [0.1, 0.15) is 29.0 Å². The molecule has 0 unspecified atom stereocenters. The minimum Gasteiger partial charge on any atom is -0.493 e. The van der Waals surface area contributed by atoms with E-state index < -0.39 is 0 Å². The van der Waals surface area contributed by atoms with Crippen molar-refractivity contribution in [3.05, 3.63) is 94.3 Å². The number of fused-ring (bicyclic) bond motifs is 1. The first-order valence-corrected chi connectivity index (χ1v) is 11.5. The normalized spacial score (nSPS) is 15.0. The van der Waals surface area contributed by atoms with Gasteiger partial charge in [-0.15, -0.1) is 6.58 Å². The maximum Gasteiger partial charge on any atom is 0.279 e. The third-order valence-electron chi connectivity index (χ3n) is 5.42. The van der Waals surface area contributed by atoms with Crippen LogP contribution in [-0.2, 0) is 18.3 Å². The van der Waals surface area contributed by atoms with E-state index in [9.17, 15) is 9.59 Å². The summed E-state index contributed by atoms with van der Waals surface area (Å²) in [6.07, 6.45) is 2.78. The zero-order valence-corrected chi connectivity index (χ0v) is 18.7. The molecule has 7 heteroatoms. The second-order valence-corrected chi connectivity index (χ2v) is 8.57. The van der Waals surface area contributed by atoms with Gasteiger partial charge in [-0.2, -0.15) is 4.98 Å². The number of carbonyl (C=O) groups is 1. The minimum absolute atomic E-state index is 0.119. The van der Waals surface area contributed by atoms with Gasteiger partial charge in [-0.3, -0.25) is 9.59 Å². The molecule has 6 nitrogen and oxygen atoms in total. The number of anilines is 1. The molecule has 1 N–H and O–H groups in total. The van der Waals surface area contributed by atoms with Crippen LogP contribution >= 0.6 is 11.8 Å². The van der Waals surface area contributed by atoms with E-state index in [0.717, 1.165) is 17.7 Å². The molecular weight excluding hydrogens is 422 g/mol. The van der Waals surface area contributed by atoms with E-state index in [1.165, 1.54) is 17.3 Å². The van der Waals surface area contributed by atoms with Crippen LogP contribution in [-0.4, -0.2) is 27.8 Å². The van der Waals surface area contributed by atoms with Gasteiger partial charge in [-0.1, -0.05) is 60.3 Å². The number of nitrogens with one attached hydrogen (secondary N) is 1. The molecule has 1 aliphatic rings. The number of aromatic nitrogens is 2. The van der Waals surface area contributed by atoms with Crippen LogP contribution in [0, 0.1) is 0 Å². The summed E-state index contributed by atoms with van der Waals surface area (Å²) in [7, 11) is 1.81. The fraction of sp³-hybridized carbons (Fsp3) is 0.240. The summed E-state index contributed by atoms with van der Waals surface area (Å²) in [5.41, 5.74) is 2.33. The van der Waals surface area contributed by atoms with Crippen molar-refractivity contribution in [1.29, 1.82) is 0 Å². The number of hydrogen-bond donors (Lipinski definition) is 1. The molecular formula is C25H25N3O3S. The summed E-state index contributed by atoms with van der Waals surface area (Å²) in [4.78, 5) is 29.6. The van der Waals surface area contributed by atoms with Crippen LogP contribution in [0.5, 0.6) is 5.75 Å². The van der Waals surface area contributed by atoms with Crippen LogP contribution in [0.25, 0.3) is 0 Å². The van der Waals surface area contributed by atoms with Crippen molar-refractivity contribution in [1.82, 2.24) is 9.55 Å². The number of benzene rings is 2. The Hall–Kier alpha value is -3.32. The van der Waals surface area contributed by atoms with Gasteiger partial charge in [0.05, 0.1) is 12.2 Å². The molecule has 32 heavy (non-hydrogen) atoms. The van der Waals surface area contributed by atoms with Crippen molar-refractivity contribution < 1.29 is 9.53 Å². The van der Waals surface area contributed by atoms with E-state index in [1.54, 1.807) is 10.6 Å². The summed E-state index contributed by atoms with van der Waals surface area (Å²) >= 11 is 1.41. The van der Waals surface area contributed by atoms with Crippen molar-refractivity contribution >= 4 is 23.5 Å². The lowest BCUT2D eigenvalue weighted by Crippen LogP contribution is -2.33. The molecule has 1 aromatic heterocycles. The number of nitrogens with zero attached hydrogens (tertiary/aromatic N) is 2. The summed E-state index contributed by atoms with van der Waals surface area (Å²) in [5.74, 6) is 1.43. The zero-order valence-electron chi connectivity index (χ0n) is 17.9. The Morgan fingerprint density at radius 2 is 1.94 bits per heavy atom. The number of ether oxygens (including phenoxy) is 1. The zero-order chi connectivity index (χ0) is 22.5. The first-order valence-electron chi connectivity index (χ1n) is 10.5. The molecule has 0 saturated heterocycles. The third-order valence-corrected chi connectivity index (χ3v) is 6.44. The van der Waals surface area contributed by atoms with Crippen LogP contribution in [0.3, 0.4) is 0 Å². The van der Waals surface area contributed by atoms with Crippen LogP contribution in [0.4, 0.5) is 5.82 Å². The number of thioether (sulfide) groups is 1. The molecule has 2 aromatic carbocycles. The summed E-state index contributed by atoms with van der Waals surface area (Å²) in [5, 5.41) is 3.41. The van der Waals surface area contributed by atoms with Gasteiger partial charge in [0.1, 0.15) is 11.6 Å². The van der Waals surface area contributed by atoms with Crippen molar-refractivity contribution in [3.8, 4) is 5.75 Å². The molecule has 1 amide bonds. The highest BCUT2D eigenvalue weighted by atomic mass is 32.2. The lowest BCUT2D eigenvalue weighted by molar-refractivity contribution is -0.116. The quantitative estimate of drug-likeness (QED) is 0.319. The number of amides is 1. The van der Waals surface area contributed by atoms with E-state index >= 15 is 0 Å². The van der Waals surface area contributed by atoms with Crippen LogP contribution in [0.2, 0.25) is 0 Å². The molecule has 4 rings (SSSR count). The van der Waals surface area contributed by atoms with Crippen LogP contribution < -0.4 is 15.6 Å². The molecule has 0 bridgehead atoms. The van der Waals surface area contributed by atoms with Gasteiger partial charge in [0.25, 0.3) is 5.56 Å². The Balaban J connectivity index is 1.54. The van der Waals surface area contributed by atoms with Gasteiger partial charge in [0.15, 0.2) is 5.16 Å². The smallest absolute Gasteiger partial charge is 0.279 e. The second kappa shape index (κ2) is 9.87. The third kappa shape index (κ3) is 4.78. The predicted molar refractivity (Wildman–Crippen MR) is 128 cm³/mol. The van der Waals surface area contributed by atoms with Crippen molar-refractivity contribution in [2.24, 2.45) is 7.05 Å². The van der Waals surface area contributed by atoms with Gasteiger partial charge in [-0.25, -0.2) is 0 Å². The second-order valence-electron chi connectivity index (χ2n) is 7.58. The maximum absolute atomic E-state index is 12.9. The predicted octanol–water partition coefficient (Wildman–Crippen LogP) is 4.15. The monoisotopic (exact) mass is 447 g/mol. The van der Waals surface area contributed by atoms with E-state index in [4.69, 9.17) is 4.74 Å². The van der Waals surface area contributed by atoms with Crippen molar-refractivity contribution in [3.63, 3.8) is 0 Å². The summed E-state index contributed by atoms with van der Waals surface area (Å²) in [6, 6.07) is 17.8. The topological polar surface area (TPSA) is 73.2 Å². The molecule has 0 fully saturated rings. The number of rotatable bonds is 8. The molecule has 164 valence electrons. The lowest BCUT2D eigenvalue weighted by Gasteiger charge is -2.27. The largest absolute Gasteiger partial charge is 0.493 e. The Morgan fingerprint density at radius 3 is 2.66 bits per heavy atom. The Labute approximate surface area is 191 Å². The van der Waals surface area contributed by atoms with Crippen molar-refractivity contribution in [2.45, 2.75) is 23.9 Å². The number of hydrogen-bond acceptors (Lipinski definition) is 5. The molecule has 1 atom stereocenters. The lowest BCUT2D eigenvalue weighted by atomic mass is 9.87. The molecule has 3 aromatic rings. The Bertz CT molecular complexity index is 1170. The van der Waals surface area contributed by atoms with Gasteiger partial charge < -0.3 is 14.6 Å². The van der Waals surface area contributed by atoms with Gasteiger partial charge in [0, 0.05) is 31.6 Å². The first-order chi connectivity index (χ1) is 15.6. The standard InChI is InChI=1S/C25H25N3O3S/c1-3-15-32-25-27-24(30)22-20(16-21(29)26-23(22)28(25)2)18-9-11-19(12-10-18)31-14-13-17-7-5-4-6-8-17/h3-12,20H,1,13-16H2,2H3,(H,26,29)/t20-/m0/s1. The Kier molecular flexibility index (Phi) is 6.75. The summed E-state index contributed by atoms with van der Waals surface area (Å²) < 4.78 is 7.64. The van der Waals surface area contributed by atoms with E-state index in [1.807, 2.05) is 49.5 Å². The molecule has 2 heterocycles. The highest BCUT2D eigenvalue weighted by molar-refractivity contribution is 7.99. The Morgan fingerprint density at radius 1 is 1.19 bits per heavy atom. The average molecular weight is 448 g/mol. The molecule has 0 aliphatic carbocycles. The summed E-state index contributed by atoms with van der Waals surface area (Å²) in [6.45, 7) is 4.28. The maximum atomic E-state index is 12.9. The van der Waals surface area contributed by atoms with Gasteiger partial charge >= 0.3 is 0 Å². The fourth-order valence-electron chi connectivity index (χ4n) is 3.81.